The smallest absolute Gasteiger partial charge is 0.246 e. The molecule has 7 heteroatoms. The van der Waals surface area contributed by atoms with Gasteiger partial charge in [0.05, 0.1) is 5.75 Å². The molecule has 1 unspecified atom stereocenters. The number of amides is 2. The Balaban J connectivity index is 3.09. The summed E-state index contributed by atoms with van der Waals surface area (Å²) in [5, 5.41) is 2.67. The van der Waals surface area contributed by atoms with Crippen LogP contribution in [0, 0.1) is 0 Å². The van der Waals surface area contributed by atoms with E-state index in [9.17, 15) is 18.0 Å². The standard InChI is InChI=1S/C12H22N2O4S/c1-5-12(6-2)11(16)13-9(3)10(15)14(12)7-8-19(4,17)18/h9H,5-8H2,1-4H3,(H,13,16). The average molecular weight is 290 g/mol. The van der Waals surface area contributed by atoms with Gasteiger partial charge in [-0.15, -0.1) is 0 Å². The first kappa shape index (κ1) is 15.9. The highest BCUT2D eigenvalue weighted by Crippen LogP contribution is 2.28. The second-order valence-corrected chi connectivity index (χ2v) is 7.31. The first-order valence-corrected chi connectivity index (χ1v) is 8.54. The monoisotopic (exact) mass is 290 g/mol. The van der Waals surface area contributed by atoms with Gasteiger partial charge in [0, 0.05) is 12.8 Å². The Morgan fingerprint density at radius 3 is 2.21 bits per heavy atom. The third kappa shape index (κ3) is 3.08. The zero-order valence-electron chi connectivity index (χ0n) is 11.9. The Hall–Kier alpha value is -1.11. The lowest BCUT2D eigenvalue weighted by Gasteiger charge is -2.47. The first-order chi connectivity index (χ1) is 8.68. The van der Waals surface area contributed by atoms with Gasteiger partial charge in [-0.3, -0.25) is 9.59 Å². The van der Waals surface area contributed by atoms with Gasteiger partial charge >= 0.3 is 0 Å². The van der Waals surface area contributed by atoms with Crippen LogP contribution in [0.1, 0.15) is 33.6 Å². The Morgan fingerprint density at radius 1 is 1.26 bits per heavy atom. The third-order valence-corrected chi connectivity index (χ3v) is 4.70. The van der Waals surface area contributed by atoms with Crippen molar-refractivity contribution in [2.45, 2.75) is 45.2 Å². The van der Waals surface area contributed by atoms with E-state index in [4.69, 9.17) is 0 Å². The maximum Gasteiger partial charge on any atom is 0.246 e. The fourth-order valence-corrected chi connectivity index (χ4v) is 3.01. The van der Waals surface area contributed by atoms with Gasteiger partial charge in [0.1, 0.15) is 21.4 Å². The van der Waals surface area contributed by atoms with Gasteiger partial charge < -0.3 is 10.2 Å². The summed E-state index contributed by atoms with van der Waals surface area (Å²) in [7, 11) is -3.17. The topological polar surface area (TPSA) is 83.6 Å². The molecule has 0 radical (unpaired) electrons. The van der Waals surface area contributed by atoms with Gasteiger partial charge in [-0.05, 0) is 19.8 Å². The van der Waals surface area contributed by atoms with Gasteiger partial charge in [0.25, 0.3) is 0 Å². The van der Waals surface area contributed by atoms with E-state index >= 15 is 0 Å². The van der Waals surface area contributed by atoms with E-state index in [1.165, 1.54) is 4.90 Å². The van der Waals surface area contributed by atoms with Crippen molar-refractivity contribution >= 4 is 21.7 Å². The lowest BCUT2D eigenvalue weighted by molar-refractivity contribution is -0.157. The molecule has 0 aromatic rings. The molecule has 0 saturated carbocycles. The van der Waals surface area contributed by atoms with Crippen LogP contribution in [-0.2, 0) is 19.4 Å². The fourth-order valence-electron chi connectivity index (χ4n) is 2.49. The summed E-state index contributed by atoms with van der Waals surface area (Å²) in [6, 6.07) is -0.599. The predicted molar refractivity (Wildman–Crippen MR) is 72.3 cm³/mol. The zero-order chi connectivity index (χ0) is 14.8. The lowest BCUT2D eigenvalue weighted by Crippen LogP contribution is -2.70. The first-order valence-electron chi connectivity index (χ1n) is 6.48. The van der Waals surface area contributed by atoms with Crippen molar-refractivity contribution in [3.8, 4) is 0 Å². The van der Waals surface area contributed by atoms with Crippen molar-refractivity contribution < 1.29 is 18.0 Å². The van der Waals surface area contributed by atoms with Crippen LogP contribution in [0.15, 0.2) is 0 Å². The van der Waals surface area contributed by atoms with E-state index in [1.807, 2.05) is 13.8 Å². The maximum atomic E-state index is 12.2. The summed E-state index contributed by atoms with van der Waals surface area (Å²) < 4.78 is 22.6. The Kier molecular flexibility index (Phi) is 4.60. The molecule has 19 heavy (non-hydrogen) atoms. The molecule has 1 saturated heterocycles. The van der Waals surface area contributed by atoms with E-state index in [-0.39, 0.29) is 24.1 Å². The number of carbonyl (C=O) groups excluding carboxylic acids is 2. The maximum absolute atomic E-state index is 12.2. The molecule has 1 fully saturated rings. The lowest BCUT2D eigenvalue weighted by atomic mass is 9.86. The minimum absolute atomic E-state index is 0.0666. The Morgan fingerprint density at radius 2 is 1.79 bits per heavy atom. The van der Waals surface area contributed by atoms with Crippen molar-refractivity contribution in [3.63, 3.8) is 0 Å². The molecule has 0 aromatic heterocycles. The molecule has 1 N–H and O–H groups in total. The molecule has 1 aliphatic heterocycles. The summed E-state index contributed by atoms with van der Waals surface area (Å²) in [4.78, 5) is 25.9. The van der Waals surface area contributed by atoms with Gasteiger partial charge in [0.2, 0.25) is 11.8 Å². The van der Waals surface area contributed by atoms with Crippen molar-refractivity contribution in [2.24, 2.45) is 0 Å². The minimum Gasteiger partial charge on any atom is -0.343 e. The molecule has 0 bridgehead atoms. The summed E-state index contributed by atoms with van der Waals surface area (Å²) in [6.45, 7) is 5.35. The highest BCUT2D eigenvalue weighted by atomic mass is 32.2. The number of nitrogens with one attached hydrogen (secondary N) is 1. The number of nitrogens with zero attached hydrogens (tertiary/aromatic N) is 1. The summed E-state index contributed by atoms with van der Waals surface area (Å²) >= 11 is 0. The van der Waals surface area contributed by atoms with Crippen molar-refractivity contribution in [2.75, 3.05) is 18.6 Å². The molecule has 0 spiro atoms. The third-order valence-electron chi connectivity index (χ3n) is 3.78. The van der Waals surface area contributed by atoms with Crippen LogP contribution in [0.4, 0.5) is 0 Å². The largest absolute Gasteiger partial charge is 0.343 e. The molecule has 6 nitrogen and oxygen atoms in total. The number of piperazine rings is 1. The number of carbonyl (C=O) groups is 2. The summed E-state index contributed by atoms with van der Waals surface area (Å²) in [6.07, 6.45) is 2.07. The second-order valence-electron chi connectivity index (χ2n) is 5.05. The minimum atomic E-state index is -3.17. The van der Waals surface area contributed by atoms with Crippen LogP contribution in [0.3, 0.4) is 0 Å². The summed E-state index contributed by atoms with van der Waals surface area (Å²) in [5.74, 6) is -0.537. The zero-order valence-corrected chi connectivity index (χ0v) is 12.7. The molecule has 1 rings (SSSR count). The SMILES string of the molecule is CCC1(CC)C(=O)NC(C)C(=O)N1CCS(C)(=O)=O. The van der Waals surface area contributed by atoms with Crippen molar-refractivity contribution in [3.05, 3.63) is 0 Å². The Bertz CT molecular complexity index is 468. The van der Waals surface area contributed by atoms with E-state index < -0.39 is 21.4 Å². The van der Waals surface area contributed by atoms with Crippen LogP contribution >= 0.6 is 0 Å². The quantitative estimate of drug-likeness (QED) is 0.768. The van der Waals surface area contributed by atoms with E-state index in [0.29, 0.717) is 12.8 Å². The van der Waals surface area contributed by atoms with Crippen molar-refractivity contribution in [1.29, 1.82) is 0 Å². The number of hydrogen-bond donors (Lipinski definition) is 1. The number of hydrogen-bond acceptors (Lipinski definition) is 4. The second kappa shape index (κ2) is 5.48. The highest BCUT2D eigenvalue weighted by molar-refractivity contribution is 7.90. The van der Waals surface area contributed by atoms with Crippen LogP contribution < -0.4 is 5.32 Å². The van der Waals surface area contributed by atoms with Gasteiger partial charge in [-0.2, -0.15) is 0 Å². The van der Waals surface area contributed by atoms with E-state index in [0.717, 1.165) is 6.26 Å². The molecule has 2 amide bonds. The molecule has 0 aromatic carbocycles. The summed E-state index contributed by atoms with van der Waals surface area (Å²) in [5.41, 5.74) is -0.922. The van der Waals surface area contributed by atoms with Crippen LogP contribution in [0.2, 0.25) is 0 Å². The van der Waals surface area contributed by atoms with Crippen LogP contribution in [0.5, 0.6) is 0 Å². The predicted octanol–water partition coefficient (Wildman–Crippen LogP) is -0.0633. The molecule has 110 valence electrons. The highest BCUT2D eigenvalue weighted by Gasteiger charge is 2.49. The van der Waals surface area contributed by atoms with Gasteiger partial charge in [0.15, 0.2) is 0 Å². The Labute approximate surface area is 114 Å². The van der Waals surface area contributed by atoms with E-state index in [2.05, 4.69) is 5.32 Å². The normalized spacial score (nSPS) is 23.4. The van der Waals surface area contributed by atoms with Crippen molar-refractivity contribution in [1.82, 2.24) is 10.2 Å². The molecular formula is C12H22N2O4S. The number of rotatable bonds is 5. The molecular weight excluding hydrogens is 268 g/mol. The number of sulfone groups is 1. The van der Waals surface area contributed by atoms with Crippen LogP contribution in [-0.4, -0.2) is 55.3 Å². The fraction of sp³-hybridized carbons (Fsp3) is 0.833. The van der Waals surface area contributed by atoms with Gasteiger partial charge in [-0.1, -0.05) is 13.8 Å². The van der Waals surface area contributed by atoms with Crippen LogP contribution in [0.25, 0.3) is 0 Å². The van der Waals surface area contributed by atoms with E-state index in [1.54, 1.807) is 6.92 Å². The molecule has 0 aliphatic carbocycles. The molecule has 1 heterocycles. The molecule has 1 aliphatic rings. The average Bonchev–Trinajstić information content (AvgIpc) is 2.31. The molecule has 1 atom stereocenters. The van der Waals surface area contributed by atoms with Gasteiger partial charge in [-0.25, -0.2) is 8.42 Å².